The van der Waals surface area contributed by atoms with Crippen LogP contribution in [0.25, 0.3) is 0 Å². The van der Waals surface area contributed by atoms with E-state index in [4.69, 9.17) is 9.47 Å². The van der Waals surface area contributed by atoms with E-state index in [2.05, 4.69) is 0 Å². The highest BCUT2D eigenvalue weighted by Gasteiger charge is 2.43. The van der Waals surface area contributed by atoms with Gasteiger partial charge in [0, 0.05) is 26.7 Å². The molecule has 0 bridgehead atoms. The van der Waals surface area contributed by atoms with E-state index in [0.717, 1.165) is 11.1 Å². The van der Waals surface area contributed by atoms with Crippen molar-refractivity contribution in [3.63, 3.8) is 0 Å². The maximum atomic E-state index is 12.8. The summed E-state index contributed by atoms with van der Waals surface area (Å²) in [5, 5.41) is 0. The van der Waals surface area contributed by atoms with Gasteiger partial charge in [-0.2, -0.15) is 13.2 Å². The van der Waals surface area contributed by atoms with Crippen LogP contribution in [0.3, 0.4) is 0 Å². The van der Waals surface area contributed by atoms with Gasteiger partial charge in [0.1, 0.15) is 5.60 Å². The van der Waals surface area contributed by atoms with Gasteiger partial charge in [-0.05, 0) is 62.8 Å². The molecule has 1 aliphatic heterocycles. The van der Waals surface area contributed by atoms with Gasteiger partial charge in [0.05, 0.1) is 12.7 Å². The molecule has 0 atom stereocenters. The molecule has 0 aliphatic carbocycles. The predicted octanol–water partition coefficient (Wildman–Crippen LogP) is 3.72. The lowest BCUT2D eigenvalue weighted by Crippen LogP contribution is -2.44. The number of benzene rings is 1. The van der Waals surface area contributed by atoms with Crippen molar-refractivity contribution in [2.45, 2.75) is 58.4 Å². The van der Waals surface area contributed by atoms with Gasteiger partial charge in [-0.15, -0.1) is 0 Å². The molecule has 0 unspecified atom stereocenters. The number of alkyl halides is 3. The Morgan fingerprint density at radius 1 is 1.16 bits per heavy atom. The van der Waals surface area contributed by atoms with Gasteiger partial charge in [0.2, 0.25) is 0 Å². The van der Waals surface area contributed by atoms with Gasteiger partial charge in [-0.25, -0.2) is 9.59 Å². The van der Waals surface area contributed by atoms with Crippen molar-refractivity contribution in [1.82, 2.24) is 9.80 Å². The lowest BCUT2D eigenvalue weighted by Gasteiger charge is -2.31. The quantitative estimate of drug-likeness (QED) is 0.629. The average Bonchev–Trinajstić information content (AvgIpc) is 2.69. The zero-order chi connectivity index (χ0) is 24.3. The van der Waals surface area contributed by atoms with E-state index in [1.807, 2.05) is 6.07 Å². The third-order valence-corrected chi connectivity index (χ3v) is 5.00. The van der Waals surface area contributed by atoms with Crippen LogP contribution < -0.4 is 0 Å². The molecule has 2 rings (SSSR count). The minimum absolute atomic E-state index is 0.0865. The second-order valence-corrected chi connectivity index (χ2v) is 8.75. The molecule has 1 heterocycles. The summed E-state index contributed by atoms with van der Waals surface area (Å²) in [5.74, 6) is -2.59. The first kappa shape index (κ1) is 25.5. The molecule has 1 aromatic carbocycles. The first-order valence-electron chi connectivity index (χ1n) is 10.3. The maximum Gasteiger partial charge on any atom is 0.471 e. The van der Waals surface area contributed by atoms with Crippen molar-refractivity contribution >= 4 is 18.0 Å². The molecule has 10 heteroatoms. The molecule has 1 aliphatic rings. The van der Waals surface area contributed by atoms with Gasteiger partial charge in [-0.1, -0.05) is 6.07 Å². The Balaban J connectivity index is 2.14. The van der Waals surface area contributed by atoms with Gasteiger partial charge in [0.25, 0.3) is 0 Å². The number of amides is 2. The second-order valence-electron chi connectivity index (χ2n) is 8.75. The first-order valence-corrected chi connectivity index (χ1v) is 10.3. The number of rotatable bonds is 5. The number of nitrogens with zero attached hydrogens (tertiary/aromatic N) is 2. The molecule has 2 amide bonds. The molecule has 1 aromatic rings. The molecule has 0 saturated carbocycles. The van der Waals surface area contributed by atoms with Crippen LogP contribution in [0.2, 0.25) is 0 Å². The smallest absolute Gasteiger partial charge is 0.465 e. The van der Waals surface area contributed by atoms with E-state index in [1.54, 1.807) is 33.9 Å². The Hall–Kier alpha value is -2.78. The second kappa shape index (κ2) is 9.79. The number of hydrogen-bond donors (Lipinski definition) is 0. The monoisotopic (exact) mass is 458 g/mol. The van der Waals surface area contributed by atoms with E-state index >= 15 is 0 Å². The van der Waals surface area contributed by atoms with Gasteiger partial charge >= 0.3 is 24.1 Å². The molecule has 0 saturated heterocycles. The fourth-order valence-corrected chi connectivity index (χ4v) is 3.47. The molecule has 0 radical (unpaired) electrons. The van der Waals surface area contributed by atoms with Gasteiger partial charge < -0.3 is 19.3 Å². The Morgan fingerprint density at radius 2 is 1.81 bits per heavy atom. The Kier molecular flexibility index (Phi) is 7.79. The summed E-state index contributed by atoms with van der Waals surface area (Å²) in [4.78, 5) is 38.2. The minimum atomic E-state index is -4.97. The Bertz CT molecular complexity index is 878. The number of methoxy groups -OCH3 is 1. The summed E-state index contributed by atoms with van der Waals surface area (Å²) in [5.41, 5.74) is 1.45. The lowest BCUT2D eigenvalue weighted by molar-refractivity contribution is -0.186. The normalized spacial score (nSPS) is 13.9. The third kappa shape index (κ3) is 6.61. The highest BCUT2D eigenvalue weighted by atomic mass is 19.4. The fraction of sp³-hybridized carbons (Fsp3) is 0.591. The molecule has 178 valence electrons. The highest BCUT2D eigenvalue weighted by Crippen LogP contribution is 2.29. The number of fused-ring (bicyclic) bond motifs is 1. The van der Waals surface area contributed by atoms with Crippen molar-refractivity contribution in [1.29, 1.82) is 0 Å². The van der Waals surface area contributed by atoms with E-state index in [9.17, 15) is 27.6 Å². The van der Waals surface area contributed by atoms with Crippen LogP contribution >= 0.6 is 0 Å². The fourth-order valence-electron chi connectivity index (χ4n) is 3.47. The van der Waals surface area contributed by atoms with Crippen LogP contribution in [-0.2, 0) is 33.7 Å². The molecule has 0 spiro atoms. The van der Waals surface area contributed by atoms with Crippen molar-refractivity contribution in [2.75, 3.05) is 27.2 Å². The minimum Gasteiger partial charge on any atom is -0.465 e. The zero-order valence-electron chi connectivity index (χ0n) is 19.0. The SMILES string of the molecule is COC(=O)c1cc(CCCN(C)C(=O)OC(C)(C)C)cc2c1CN(C(=O)C(F)(F)F)CC2. The number of aryl methyl sites for hydroxylation is 1. The number of halogens is 3. The average molecular weight is 458 g/mol. The number of ether oxygens (including phenoxy) is 2. The molecular weight excluding hydrogens is 429 g/mol. The molecule has 32 heavy (non-hydrogen) atoms. The summed E-state index contributed by atoms with van der Waals surface area (Å²) < 4.78 is 48.6. The van der Waals surface area contributed by atoms with Crippen molar-refractivity contribution in [2.24, 2.45) is 0 Å². The number of carbonyl (C=O) groups is 3. The van der Waals surface area contributed by atoms with Crippen LogP contribution in [0, 0.1) is 0 Å². The van der Waals surface area contributed by atoms with Gasteiger partial charge in [0.15, 0.2) is 0 Å². The van der Waals surface area contributed by atoms with E-state index in [-0.39, 0.29) is 25.1 Å². The number of esters is 1. The van der Waals surface area contributed by atoms with E-state index < -0.39 is 29.7 Å². The Morgan fingerprint density at radius 3 is 2.38 bits per heavy atom. The highest BCUT2D eigenvalue weighted by molar-refractivity contribution is 5.92. The molecule has 7 nitrogen and oxygen atoms in total. The first-order chi connectivity index (χ1) is 14.7. The van der Waals surface area contributed by atoms with Gasteiger partial charge in [-0.3, -0.25) is 4.79 Å². The molecule has 0 aromatic heterocycles. The van der Waals surface area contributed by atoms with Crippen LogP contribution in [0.4, 0.5) is 18.0 Å². The number of carbonyl (C=O) groups excluding carboxylic acids is 3. The third-order valence-electron chi connectivity index (χ3n) is 5.00. The lowest BCUT2D eigenvalue weighted by atomic mass is 9.91. The van der Waals surface area contributed by atoms with E-state index in [0.29, 0.717) is 29.8 Å². The van der Waals surface area contributed by atoms with Crippen LogP contribution in [0.15, 0.2) is 12.1 Å². The summed E-state index contributed by atoms with van der Waals surface area (Å²) in [6, 6.07) is 3.42. The predicted molar refractivity (Wildman–Crippen MR) is 110 cm³/mol. The zero-order valence-corrected chi connectivity index (χ0v) is 19.0. The van der Waals surface area contributed by atoms with Crippen molar-refractivity contribution in [3.8, 4) is 0 Å². The topological polar surface area (TPSA) is 76.2 Å². The van der Waals surface area contributed by atoms with Crippen LogP contribution in [0.5, 0.6) is 0 Å². The van der Waals surface area contributed by atoms with E-state index in [1.165, 1.54) is 12.0 Å². The largest absolute Gasteiger partial charge is 0.471 e. The standard InChI is InChI=1S/C22H29F3N2O5/c1-21(2,3)32-20(30)26(4)9-6-7-14-11-15-8-10-27(19(29)22(23,24)25)13-17(15)16(12-14)18(28)31-5/h11-12H,6-10,13H2,1-5H3. The molecule has 0 fully saturated rings. The molecular formula is C22H29F3N2O5. The van der Waals surface area contributed by atoms with Crippen molar-refractivity contribution in [3.05, 3.63) is 34.4 Å². The maximum absolute atomic E-state index is 12.8. The summed E-state index contributed by atoms with van der Waals surface area (Å²) in [6.45, 7) is 5.38. The summed E-state index contributed by atoms with van der Waals surface area (Å²) >= 11 is 0. The summed E-state index contributed by atoms with van der Waals surface area (Å²) in [6.07, 6.45) is -4.08. The summed E-state index contributed by atoms with van der Waals surface area (Å²) in [7, 11) is 2.83. The van der Waals surface area contributed by atoms with Crippen LogP contribution in [-0.4, -0.2) is 66.8 Å². The molecule has 0 N–H and O–H groups in total. The number of hydrogen-bond acceptors (Lipinski definition) is 5. The van der Waals surface area contributed by atoms with Crippen molar-refractivity contribution < 1.29 is 37.0 Å². The van der Waals surface area contributed by atoms with Crippen LogP contribution in [0.1, 0.15) is 54.2 Å². The Labute approximate surface area is 185 Å².